The topological polar surface area (TPSA) is 103 Å². The summed E-state index contributed by atoms with van der Waals surface area (Å²) in [6.45, 7) is 10.5. The van der Waals surface area contributed by atoms with Crippen LogP contribution in [0.25, 0.3) is 11.3 Å². The summed E-state index contributed by atoms with van der Waals surface area (Å²) >= 11 is 0. The number of hydrogen-bond acceptors (Lipinski definition) is 9. The number of nitrogens with zero attached hydrogens (tertiary/aromatic N) is 6. The highest BCUT2D eigenvalue weighted by Crippen LogP contribution is 2.45. The van der Waals surface area contributed by atoms with Gasteiger partial charge in [-0.1, -0.05) is 24.3 Å². The molecule has 4 aliphatic rings. The van der Waals surface area contributed by atoms with Gasteiger partial charge in [0.25, 0.3) is 5.91 Å². The number of piperazine rings is 1. The third-order valence-electron chi connectivity index (χ3n) is 10.0. The van der Waals surface area contributed by atoms with E-state index in [4.69, 9.17) is 20.4 Å². The molecule has 0 unspecified atom stereocenters. The zero-order valence-corrected chi connectivity index (χ0v) is 25.9. The molecule has 1 amide bonds. The van der Waals surface area contributed by atoms with E-state index in [1.54, 1.807) is 0 Å². The maximum absolute atomic E-state index is 12.7. The van der Waals surface area contributed by atoms with Gasteiger partial charge in [0.05, 0.1) is 6.04 Å². The van der Waals surface area contributed by atoms with E-state index in [0.717, 1.165) is 56.2 Å². The number of carbonyl (C=O) groups is 1. The SMILES string of the molecule is C[C@@H]1c2ccccc2-c2nc(C(N)=O)c(Nc3ccc(N4CCC(N5CCN(C)CC5)CC4)cc3)nc2N1C1CCOCC1. The summed E-state index contributed by atoms with van der Waals surface area (Å²) in [5.41, 5.74) is 11.0. The number of nitrogens with two attached hydrogens (primary N) is 1. The molecule has 4 aliphatic heterocycles. The third-order valence-corrected chi connectivity index (χ3v) is 10.0. The first-order valence-corrected chi connectivity index (χ1v) is 16.2. The molecule has 44 heavy (non-hydrogen) atoms. The van der Waals surface area contributed by atoms with Crippen molar-refractivity contribution in [3.05, 3.63) is 59.8 Å². The van der Waals surface area contributed by atoms with E-state index in [1.165, 1.54) is 50.3 Å². The normalized spacial score (nSPS) is 22.0. The molecule has 3 fully saturated rings. The average Bonchev–Trinajstić information content (AvgIpc) is 3.06. The van der Waals surface area contributed by atoms with Crippen molar-refractivity contribution in [2.75, 3.05) is 74.6 Å². The summed E-state index contributed by atoms with van der Waals surface area (Å²) in [6, 6.07) is 17.8. The zero-order valence-electron chi connectivity index (χ0n) is 25.9. The van der Waals surface area contributed by atoms with Crippen LogP contribution in [0.2, 0.25) is 0 Å². The Hall–Kier alpha value is -3.73. The number of likely N-dealkylation sites (N-methyl/N-ethyl adjacent to an activating group) is 1. The highest BCUT2D eigenvalue weighted by molar-refractivity contribution is 5.98. The van der Waals surface area contributed by atoms with E-state index in [2.05, 4.69) is 81.4 Å². The molecule has 7 rings (SSSR count). The number of rotatable bonds is 6. The predicted octanol–water partition coefficient (Wildman–Crippen LogP) is 4.26. The molecular weight excluding hydrogens is 552 g/mol. The number of piperidine rings is 1. The molecule has 10 heteroatoms. The van der Waals surface area contributed by atoms with Crippen molar-refractivity contribution < 1.29 is 9.53 Å². The van der Waals surface area contributed by atoms with Crippen LogP contribution in [0, 0.1) is 0 Å². The van der Waals surface area contributed by atoms with Gasteiger partial charge in [-0.25, -0.2) is 9.97 Å². The van der Waals surface area contributed by atoms with Crippen molar-refractivity contribution in [3.8, 4) is 11.3 Å². The Balaban J connectivity index is 1.12. The van der Waals surface area contributed by atoms with Crippen LogP contribution in [-0.2, 0) is 4.74 Å². The fourth-order valence-electron chi connectivity index (χ4n) is 7.48. The van der Waals surface area contributed by atoms with Gasteiger partial charge in [0, 0.05) is 81.5 Å². The van der Waals surface area contributed by atoms with Crippen LogP contribution < -0.4 is 20.9 Å². The number of primary amides is 1. The van der Waals surface area contributed by atoms with Crippen molar-refractivity contribution in [1.82, 2.24) is 19.8 Å². The molecule has 0 aliphatic carbocycles. The van der Waals surface area contributed by atoms with Gasteiger partial charge < -0.3 is 30.5 Å². The van der Waals surface area contributed by atoms with Crippen molar-refractivity contribution in [1.29, 1.82) is 0 Å². The number of anilines is 4. The van der Waals surface area contributed by atoms with Crippen LogP contribution in [0.3, 0.4) is 0 Å². The maximum atomic E-state index is 12.7. The zero-order chi connectivity index (χ0) is 30.2. The van der Waals surface area contributed by atoms with Crippen LogP contribution >= 0.6 is 0 Å². The number of benzene rings is 2. The third kappa shape index (κ3) is 5.62. The highest BCUT2D eigenvalue weighted by atomic mass is 16.5. The molecule has 1 aromatic heterocycles. The first-order chi connectivity index (χ1) is 21.5. The smallest absolute Gasteiger partial charge is 0.271 e. The van der Waals surface area contributed by atoms with Crippen LogP contribution in [0.4, 0.5) is 23.0 Å². The summed E-state index contributed by atoms with van der Waals surface area (Å²) in [4.78, 5) is 32.7. The molecule has 10 nitrogen and oxygen atoms in total. The largest absolute Gasteiger partial charge is 0.381 e. The monoisotopic (exact) mass is 596 g/mol. The average molecular weight is 597 g/mol. The minimum atomic E-state index is -0.601. The lowest BCUT2D eigenvalue weighted by atomic mass is 9.90. The van der Waals surface area contributed by atoms with Crippen LogP contribution in [0.5, 0.6) is 0 Å². The molecule has 3 saturated heterocycles. The quantitative estimate of drug-likeness (QED) is 0.432. The van der Waals surface area contributed by atoms with Gasteiger partial charge >= 0.3 is 0 Å². The number of aromatic nitrogens is 2. The second-order valence-corrected chi connectivity index (χ2v) is 12.7. The van der Waals surface area contributed by atoms with E-state index in [-0.39, 0.29) is 17.8 Å². The Morgan fingerprint density at radius 1 is 0.886 bits per heavy atom. The van der Waals surface area contributed by atoms with E-state index < -0.39 is 5.91 Å². The fourth-order valence-corrected chi connectivity index (χ4v) is 7.48. The van der Waals surface area contributed by atoms with Gasteiger partial charge in [-0.2, -0.15) is 0 Å². The molecule has 0 bridgehead atoms. The number of amides is 1. The molecule has 3 N–H and O–H groups in total. The molecule has 1 atom stereocenters. The second kappa shape index (κ2) is 12.3. The highest BCUT2D eigenvalue weighted by Gasteiger charge is 2.37. The lowest BCUT2D eigenvalue weighted by molar-refractivity contribution is 0.0826. The predicted molar refractivity (Wildman–Crippen MR) is 175 cm³/mol. The Labute approximate surface area is 260 Å². The van der Waals surface area contributed by atoms with Gasteiger partial charge in [0.15, 0.2) is 17.3 Å². The summed E-state index contributed by atoms with van der Waals surface area (Å²) in [7, 11) is 2.22. The summed E-state index contributed by atoms with van der Waals surface area (Å²) < 4.78 is 5.68. The Morgan fingerprint density at radius 2 is 1.59 bits per heavy atom. The maximum Gasteiger partial charge on any atom is 0.271 e. The summed E-state index contributed by atoms with van der Waals surface area (Å²) in [6.07, 6.45) is 4.23. The lowest BCUT2D eigenvalue weighted by Crippen LogP contribution is -2.52. The van der Waals surface area contributed by atoms with Gasteiger partial charge in [0.1, 0.15) is 5.69 Å². The van der Waals surface area contributed by atoms with E-state index in [9.17, 15) is 4.79 Å². The van der Waals surface area contributed by atoms with Crippen molar-refractivity contribution >= 4 is 28.9 Å². The Kier molecular flexibility index (Phi) is 8.14. The van der Waals surface area contributed by atoms with Gasteiger partial charge in [-0.05, 0) is 69.5 Å². The lowest BCUT2D eigenvalue weighted by Gasteiger charge is -2.43. The van der Waals surface area contributed by atoms with E-state index >= 15 is 0 Å². The number of ether oxygens (including phenoxy) is 1. The standard InChI is InChI=1S/C34H44N8O2/c1-23-28-5-3-4-6-29(28)30-34(42(23)27-13-21-44-22-14-27)38-33(31(37-30)32(35)43)36-24-7-9-25(10-8-24)40-15-11-26(12-16-40)41-19-17-39(2)18-20-41/h3-10,23,26-27H,11-22H2,1-2H3,(H2,35,43)(H,36,38)/t23-/m1/s1. The fraction of sp³-hybridized carbons (Fsp3) is 0.500. The molecule has 0 spiro atoms. The van der Waals surface area contributed by atoms with Crippen LogP contribution in [0.1, 0.15) is 54.7 Å². The minimum absolute atomic E-state index is 0.114. The molecule has 0 radical (unpaired) electrons. The number of hydrogen-bond donors (Lipinski definition) is 2. The first-order valence-electron chi connectivity index (χ1n) is 16.2. The summed E-state index contributed by atoms with van der Waals surface area (Å²) in [5.74, 6) is 0.576. The Bertz CT molecular complexity index is 1480. The molecule has 3 aromatic rings. The van der Waals surface area contributed by atoms with Gasteiger partial charge in [-0.15, -0.1) is 0 Å². The number of nitrogens with one attached hydrogen (secondary N) is 1. The van der Waals surface area contributed by atoms with Crippen molar-refractivity contribution in [2.45, 2.75) is 50.7 Å². The Morgan fingerprint density at radius 3 is 2.30 bits per heavy atom. The van der Waals surface area contributed by atoms with Gasteiger partial charge in [-0.3, -0.25) is 9.69 Å². The van der Waals surface area contributed by atoms with Crippen molar-refractivity contribution in [3.63, 3.8) is 0 Å². The van der Waals surface area contributed by atoms with E-state index in [1.807, 2.05) is 6.07 Å². The second-order valence-electron chi connectivity index (χ2n) is 12.7. The van der Waals surface area contributed by atoms with E-state index in [0.29, 0.717) is 17.6 Å². The molecule has 2 aromatic carbocycles. The summed E-state index contributed by atoms with van der Waals surface area (Å²) in [5, 5.41) is 3.40. The van der Waals surface area contributed by atoms with Crippen molar-refractivity contribution in [2.24, 2.45) is 5.73 Å². The minimum Gasteiger partial charge on any atom is -0.381 e. The molecule has 232 valence electrons. The first kappa shape index (κ1) is 29.0. The van der Waals surface area contributed by atoms with Crippen LogP contribution in [0.15, 0.2) is 48.5 Å². The number of carbonyl (C=O) groups excluding carboxylic acids is 1. The molecule has 0 saturated carbocycles. The molecule has 5 heterocycles. The van der Waals surface area contributed by atoms with Crippen LogP contribution in [-0.4, -0.2) is 97.3 Å². The van der Waals surface area contributed by atoms with Gasteiger partial charge in [0.2, 0.25) is 0 Å². The number of fused-ring (bicyclic) bond motifs is 3. The molecular formula is C34H44N8O2.